The molecule has 0 saturated carbocycles. The van der Waals surface area contributed by atoms with E-state index in [0.29, 0.717) is 27.4 Å². The predicted octanol–water partition coefficient (Wildman–Crippen LogP) is 5.46. The molecule has 134 valence electrons. The van der Waals surface area contributed by atoms with Gasteiger partial charge in [0.2, 0.25) is 0 Å². The average molecular weight is 419 g/mol. The second kappa shape index (κ2) is 10.2. The molecule has 2 aromatic rings. The Hall–Kier alpha value is -1.07. The van der Waals surface area contributed by atoms with Crippen LogP contribution in [0.3, 0.4) is 0 Å². The average Bonchev–Trinajstić information content (AvgIpc) is 2.59. The molecule has 1 amide bonds. The lowest BCUT2D eigenvalue weighted by Crippen LogP contribution is -2.37. The van der Waals surface area contributed by atoms with Crippen LogP contribution in [0, 0.1) is 0 Å². The fraction of sp³-hybridized carbons (Fsp3) is 0.278. The Morgan fingerprint density at radius 3 is 2.60 bits per heavy atom. The zero-order valence-corrected chi connectivity index (χ0v) is 16.7. The van der Waals surface area contributed by atoms with Crippen molar-refractivity contribution in [2.45, 2.75) is 18.8 Å². The van der Waals surface area contributed by atoms with Gasteiger partial charge in [-0.25, -0.2) is 0 Å². The van der Waals surface area contributed by atoms with E-state index in [1.165, 1.54) is 0 Å². The van der Waals surface area contributed by atoms with Gasteiger partial charge in [0.25, 0.3) is 5.91 Å². The van der Waals surface area contributed by atoms with E-state index in [0.717, 1.165) is 17.1 Å². The van der Waals surface area contributed by atoms with Crippen LogP contribution < -0.4 is 10.1 Å². The summed E-state index contributed by atoms with van der Waals surface area (Å²) in [6.07, 6.45) is -0.611. The number of rotatable bonds is 8. The maximum absolute atomic E-state index is 12.1. The summed E-state index contributed by atoms with van der Waals surface area (Å²) in [6.45, 7) is 2.25. The number of thioether (sulfide) groups is 1. The van der Waals surface area contributed by atoms with Crippen LogP contribution in [-0.2, 0) is 10.5 Å². The minimum absolute atomic E-state index is 0.171. The van der Waals surface area contributed by atoms with Gasteiger partial charge in [-0.1, -0.05) is 53.0 Å². The lowest BCUT2D eigenvalue weighted by atomic mass is 10.2. The number of ether oxygens (including phenoxy) is 1. The molecule has 2 aromatic carbocycles. The number of amides is 1. The Morgan fingerprint density at radius 2 is 1.88 bits per heavy atom. The summed E-state index contributed by atoms with van der Waals surface area (Å²) in [4.78, 5) is 12.1. The molecule has 2 rings (SSSR count). The van der Waals surface area contributed by atoms with Crippen LogP contribution in [0.15, 0.2) is 42.5 Å². The highest BCUT2D eigenvalue weighted by molar-refractivity contribution is 7.98. The van der Waals surface area contributed by atoms with Gasteiger partial charge in [0.1, 0.15) is 5.75 Å². The van der Waals surface area contributed by atoms with Crippen LogP contribution in [0.1, 0.15) is 12.5 Å². The number of hydrogen-bond acceptors (Lipinski definition) is 3. The Morgan fingerprint density at radius 1 is 1.12 bits per heavy atom. The molecular formula is C18H18Cl3NO2S. The third-order valence-electron chi connectivity index (χ3n) is 3.31. The first-order valence-corrected chi connectivity index (χ1v) is 9.97. The Balaban J connectivity index is 1.67. The SMILES string of the molecule is C[C@H](Oc1ccccc1Cl)C(=O)NCCSCc1ccc(Cl)c(Cl)c1. The Bertz CT molecular complexity index is 727. The topological polar surface area (TPSA) is 38.3 Å². The van der Waals surface area contributed by atoms with Crippen molar-refractivity contribution in [3.63, 3.8) is 0 Å². The van der Waals surface area contributed by atoms with E-state index in [9.17, 15) is 4.79 Å². The van der Waals surface area contributed by atoms with Crippen molar-refractivity contribution < 1.29 is 9.53 Å². The molecule has 0 unspecified atom stereocenters. The summed E-state index contributed by atoms with van der Waals surface area (Å²) < 4.78 is 5.58. The summed E-state index contributed by atoms with van der Waals surface area (Å²) in [5.74, 6) is 1.92. The van der Waals surface area contributed by atoms with Crippen LogP contribution in [0.5, 0.6) is 5.75 Å². The number of para-hydroxylation sites is 1. The maximum Gasteiger partial charge on any atom is 0.260 e. The van der Waals surface area contributed by atoms with Crippen LogP contribution >= 0.6 is 46.6 Å². The number of benzene rings is 2. The molecule has 0 fully saturated rings. The van der Waals surface area contributed by atoms with Gasteiger partial charge in [0, 0.05) is 18.1 Å². The van der Waals surface area contributed by atoms with Gasteiger partial charge >= 0.3 is 0 Å². The molecule has 0 radical (unpaired) electrons. The van der Waals surface area contributed by atoms with E-state index >= 15 is 0 Å². The molecule has 0 aliphatic rings. The zero-order valence-electron chi connectivity index (χ0n) is 13.6. The summed E-state index contributed by atoms with van der Waals surface area (Å²) >= 11 is 19.6. The molecule has 0 aliphatic carbocycles. The lowest BCUT2D eigenvalue weighted by molar-refractivity contribution is -0.127. The molecule has 0 saturated heterocycles. The maximum atomic E-state index is 12.1. The van der Waals surface area contributed by atoms with E-state index in [2.05, 4.69) is 5.32 Å². The van der Waals surface area contributed by atoms with Crippen molar-refractivity contribution in [3.05, 3.63) is 63.1 Å². The number of nitrogens with one attached hydrogen (secondary N) is 1. The van der Waals surface area contributed by atoms with Crippen molar-refractivity contribution in [2.75, 3.05) is 12.3 Å². The summed E-state index contributed by atoms with van der Waals surface area (Å²) in [5.41, 5.74) is 1.10. The summed E-state index contributed by atoms with van der Waals surface area (Å²) in [5, 5.41) is 4.44. The minimum atomic E-state index is -0.611. The van der Waals surface area contributed by atoms with Gasteiger partial charge in [0.15, 0.2) is 6.10 Å². The monoisotopic (exact) mass is 417 g/mol. The molecule has 0 aliphatic heterocycles. The minimum Gasteiger partial charge on any atom is -0.479 e. The van der Waals surface area contributed by atoms with Crippen LogP contribution in [0.4, 0.5) is 0 Å². The first-order valence-electron chi connectivity index (χ1n) is 7.68. The van der Waals surface area contributed by atoms with Crippen molar-refractivity contribution in [1.29, 1.82) is 0 Å². The second-order valence-corrected chi connectivity index (χ2v) is 7.61. The Labute approximate surface area is 167 Å². The van der Waals surface area contributed by atoms with Crippen LogP contribution in [-0.4, -0.2) is 24.3 Å². The predicted molar refractivity (Wildman–Crippen MR) is 107 cm³/mol. The quantitative estimate of drug-likeness (QED) is 0.578. The van der Waals surface area contributed by atoms with Gasteiger partial charge in [-0.3, -0.25) is 4.79 Å². The summed E-state index contributed by atoms with van der Waals surface area (Å²) in [7, 11) is 0. The lowest BCUT2D eigenvalue weighted by Gasteiger charge is -2.15. The highest BCUT2D eigenvalue weighted by atomic mass is 35.5. The number of carbonyl (C=O) groups is 1. The van der Waals surface area contributed by atoms with Gasteiger partial charge in [-0.05, 0) is 36.8 Å². The summed E-state index contributed by atoms with van der Waals surface area (Å²) in [6, 6.07) is 12.7. The number of halogens is 3. The third-order valence-corrected chi connectivity index (χ3v) is 5.39. The number of hydrogen-bond donors (Lipinski definition) is 1. The van der Waals surface area contributed by atoms with Gasteiger partial charge in [-0.15, -0.1) is 0 Å². The van der Waals surface area contributed by atoms with Crippen molar-refractivity contribution in [1.82, 2.24) is 5.32 Å². The molecule has 3 nitrogen and oxygen atoms in total. The fourth-order valence-electron chi connectivity index (χ4n) is 1.99. The fourth-order valence-corrected chi connectivity index (χ4v) is 3.30. The molecular weight excluding hydrogens is 401 g/mol. The van der Waals surface area contributed by atoms with Crippen molar-refractivity contribution >= 4 is 52.5 Å². The number of carbonyl (C=O) groups excluding carboxylic acids is 1. The zero-order chi connectivity index (χ0) is 18.2. The molecule has 1 atom stereocenters. The highest BCUT2D eigenvalue weighted by Crippen LogP contribution is 2.25. The van der Waals surface area contributed by atoms with E-state index < -0.39 is 6.10 Å². The van der Waals surface area contributed by atoms with E-state index in [-0.39, 0.29) is 5.91 Å². The molecule has 0 spiro atoms. The standard InChI is InChI=1S/C18H18Cl3NO2S/c1-12(24-17-5-3-2-4-15(17)20)18(23)22-8-9-25-11-13-6-7-14(19)16(21)10-13/h2-7,10,12H,8-9,11H2,1H3,(H,22,23)/t12-/m0/s1. The van der Waals surface area contributed by atoms with Gasteiger partial charge < -0.3 is 10.1 Å². The smallest absolute Gasteiger partial charge is 0.260 e. The van der Waals surface area contributed by atoms with Crippen LogP contribution in [0.25, 0.3) is 0 Å². The molecule has 0 aromatic heterocycles. The molecule has 7 heteroatoms. The van der Waals surface area contributed by atoms with Crippen molar-refractivity contribution in [2.24, 2.45) is 0 Å². The third kappa shape index (κ3) is 6.63. The first kappa shape index (κ1) is 20.2. The van der Waals surface area contributed by atoms with E-state index in [1.54, 1.807) is 36.9 Å². The first-order chi connectivity index (χ1) is 12.0. The molecule has 0 heterocycles. The second-order valence-electron chi connectivity index (χ2n) is 5.28. The molecule has 0 bridgehead atoms. The van der Waals surface area contributed by atoms with Crippen LogP contribution in [0.2, 0.25) is 15.1 Å². The van der Waals surface area contributed by atoms with Gasteiger partial charge in [0.05, 0.1) is 15.1 Å². The normalized spacial score (nSPS) is 11.8. The largest absolute Gasteiger partial charge is 0.479 e. The molecule has 25 heavy (non-hydrogen) atoms. The Kier molecular flexibility index (Phi) is 8.24. The van der Waals surface area contributed by atoms with E-state index in [1.807, 2.05) is 24.3 Å². The van der Waals surface area contributed by atoms with Crippen molar-refractivity contribution in [3.8, 4) is 5.75 Å². The van der Waals surface area contributed by atoms with E-state index in [4.69, 9.17) is 39.5 Å². The molecule has 1 N–H and O–H groups in total. The highest BCUT2D eigenvalue weighted by Gasteiger charge is 2.15. The van der Waals surface area contributed by atoms with Gasteiger partial charge in [-0.2, -0.15) is 11.8 Å².